The summed E-state index contributed by atoms with van der Waals surface area (Å²) < 4.78 is 17.4. The molecule has 2 aliphatic heterocycles. The van der Waals surface area contributed by atoms with Crippen LogP contribution < -0.4 is 14.2 Å². The Bertz CT molecular complexity index is 898. The fraction of sp³-hybridized carbons (Fsp3) is 0.333. The van der Waals surface area contributed by atoms with Crippen LogP contribution in [0.2, 0.25) is 0 Å². The zero-order valence-electron chi connectivity index (χ0n) is 15.1. The molecule has 0 bridgehead atoms. The summed E-state index contributed by atoms with van der Waals surface area (Å²) in [5.41, 5.74) is 2.36. The standard InChI is InChI=1S/C21H22O5/c1-12(2)4-5-13-8-15-18(10-17(13)24-3)25-11-21(23)16-7-6-14(22)9-19(16)26-20(15)21/h4,6-10,20,22-23H,5,11H2,1-3H3. The normalized spacial score (nSPS) is 22.4. The first kappa shape index (κ1) is 16.8. The maximum Gasteiger partial charge on any atom is 0.168 e. The number of hydrogen-bond donors (Lipinski definition) is 2. The number of aliphatic hydroxyl groups is 1. The zero-order chi connectivity index (χ0) is 18.5. The Balaban J connectivity index is 1.80. The minimum atomic E-state index is -1.28. The highest BCUT2D eigenvalue weighted by molar-refractivity contribution is 5.56. The maximum atomic E-state index is 11.3. The summed E-state index contributed by atoms with van der Waals surface area (Å²) in [5, 5.41) is 21.0. The van der Waals surface area contributed by atoms with Gasteiger partial charge in [-0.2, -0.15) is 0 Å². The Kier molecular flexibility index (Phi) is 3.84. The number of phenols is 1. The van der Waals surface area contributed by atoms with Crippen molar-refractivity contribution in [3.8, 4) is 23.0 Å². The summed E-state index contributed by atoms with van der Waals surface area (Å²) in [6.45, 7) is 4.19. The van der Waals surface area contributed by atoms with Gasteiger partial charge < -0.3 is 24.4 Å². The number of methoxy groups -OCH3 is 1. The topological polar surface area (TPSA) is 68.2 Å². The lowest BCUT2D eigenvalue weighted by Crippen LogP contribution is -2.41. The van der Waals surface area contributed by atoms with Crippen molar-refractivity contribution in [3.05, 3.63) is 58.7 Å². The molecule has 2 unspecified atom stereocenters. The lowest BCUT2D eigenvalue weighted by atomic mass is 9.84. The van der Waals surface area contributed by atoms with E-state index in [1.165, 1.54) is 11.6 Å². The Morgan fingerprint density at radius 3 is 2.81 bits per heavy atom. The van der Waals surface area contributed by atoms with E-state index in [0.717, 1.165) is 23.3 Å². The third-order valence-corrected chi connectivity index (χ3v) is 4.98. The van der Waals surface area contributed by atoms with Gasteiger partial charge in [-0.1, -0.05) is 11.6 Å². The first-order valence-corrected chi connectivity index (χ1v) is 8.62. The number of allylic oxidation sites excluding steroid dienone is 2. The minimum Gasteiger partial charge on any atom is -0.508 e. The Morgan fingerprint density at radius 2 is 2.08 bits per heavy atom. The van der Waals surface area contributed by atoms with E-state index in [9.17, 15) is 10.2 Å². The highest BCUT2D eigenvalue weighted by Crippen LogP contribution is 2.54. The van der Waals surface area contributed by atoms with Gasteiger partial charge in [-0.25, -0.2) is 0 Å². The molecule has 5 nitrogen and oxygen atoms in total. The van der Waals surface area contributed by atoms with Crippen molar-refractivity contribution in [2.24, 2.45) is 0 Å². The fourth-order valence-electron chi connectivity index (χ4n) is 3.61. The van der Waals surface area contributed by atoms with Crippen molar-refractivity contribution in [2.75, 3.05) is 13.7 Å². The molecule has 2 atom stereocenters. The van der Waals surface area contributed by atoms with Crippen molar-refractivity contribution >= 4 is 0 Å². The van der Waals surface area contributed by atoms with Crippen LogP contribution in [0.5, 0.6) is 23.0 Å². The van der Waals surface area contributed by atoms with Gasteiger partial charge in [-0.05, 0) is 44.0 Å². The smallest absolute Gasteiger partial charge is 0.168 e. The molecule has 2 aliphatic rings. The number of benzene rings is 2. The van der Waals surface area contributed by atoms with Crippen LogP contribution in [-0.2, 0) is 12.0 Å². The van der Waals surface area contributed by atoms with Crippen LogP contribution in [0.1, 0.15) is 36.6 Å². The van der Waals surface area contributed by atoms with Gasteiger partial charge in [0.05, 0.1) is 7.11 Å². The summed E-state index contributed by atoms with van der Waals surface area (Å²) >= 11 is 0. The molecular formula is C21H22O5. The zero-order valence-corrected chi connectivity index (χ0v) is 15.1. The average molecular weight is 354 g/mol. The minimum absolute atomic E-state index is 0.0823. The number of phenolic OH excluding ortho intramolecular Hbond substituents is 1. The number of hydrogen-bond acceptors (Lipinski definition) is 5. The predicted molar refractivity (Wildman–Crippen MR) is 97.0 cm³/mol. The molecule has 0 saturated heterocycles. The van der Waals surface area contributed by atoms with Crippen LogP contribution in [0, 0.1) is 0 Å². The van der Waals surface area contributed by atoms with E-state index in [2.05, 4.69) is 19.9 Å². The third kappa shape index (κ3) is 2.51. The number of ether oxygens (including phenoxy) is 3. The molecule has 2 aromatic carbocycles. The number of aromatic hydroxyl groups is 1. The van der Waals surface area contributed by atoms with Gasteiger partial charge >= 0.3 is 0 Å². The SMILES string of the molecule is COc1cc2c(cc1CC=C(C)C)C1Oc3cc(O)ccc3C1(O)CO2. The molecule has 2 heterocycles. The highest BCUT2D eigenvalue weighted by atomic mass is 16.5. The quantitative estimate of drug-likeness (QED) is 0.824. The summed E-state index contributed by atoms with van der Waals surface area (Å²) in [7, 11) is 1.64. The van der Waals surface area contributed by atoms with Gasteiger partial charge in [0.2, 0.25) is 0 Å². The van der Waals surface area contributed by atoms with Crippen LogP contribution in [0.4, 0.5) is 0 Å². The first-order valence-electron chi connectivity index (χ1n) is 8.62. The van der Waals surface area contributed by atoms with Crippen LogP contribution in [0.15, 0.2) is 42.0 Å². The van der Waals surface area contributed by atoms with E-state index in [1.807, 2.05) is 12.1 Å². The monoisotopic (exact) mass is 354 g/mol. The molecule has 0 fully saturated rings. The molecule has 26 heavy (non-hydrogen) atoms. The fourth-order valence-corrected chi connectivity index (χ4v) is 3.61. The summed E-state index contributed by atoms with van der Waals surface area (Å²) in [6.07, 6.45) is 2.26. The predicted octanol–water partition coefficient (Wildman–Crippen LogP) is 3.62. The van der Waals surface area contributed by atoms with Crippen molar-refractivity contribution in [2.45, 2.75) is 32.0 Å². The molecule has 0 radical (unpaired) electrons. The van der Waals surface area contributed by atoms with Crippen LogP contribution in [-0.4, -0.2) is 23.9 Å². The summed E-state index contributed by atoms with van der Waals surface area (Å²) in [6, 6.07) is 8.60. The van der Waals surface area contributed by atoms with E-state index < -0.39 is 11.7 Å². The van der Waals surface area contributed by atoms with E-state index in [-0.39, 0.29) is 12.4 Å². The molecule has 2 aromatic rings. The van der Waals surface area contributed by atoms with Gasteiger partial charge in [0, 0.05) is 23.3 Å². The van der Waals surface area contributed by atoms with Crippen molar-refractivity contribution in [1.29, 1.82) is 0 Å². The molecule has 136 valence electrons. The van der Waals surface area contributed by atoms with Crippen LogP contribution >= 0.6 is 0 Å². The summed E-state index contributed by atoms with van der Waals surface area (Å²) in [4.78, 5) is 0. The second-order valence-corrected chi connectivity index (χ2v) is 7.08. The van der Waals surface area contributed by atoms with Crippen molar-refractivity contribution in [3.63, 3.8) is 0 Å². The molecule has 4 rings (SSSR count). The highest BCUT2D eigenvalue weighted by Gasteiger charge is 2.53. The van der Waals surface area contributed by atoms with Crippen molar-refractivity contribution in [1.82, 2.24) is 0 Å². The Labute approximate surface area is 152 Å². The van der Waals surface area contributed by atoms with Gasteiger partial charge in [-0.15, -0.1) is 0 Å². The molecule has 5 heteroatoms. The van der Waals surface area contributed by atoms with Crippen LogP contribution in [0.25, 0.3) is 0 Å². The van der Waals surface area contributed by atoms with Crippen molar-refractivity contribution < 1.29 is 24.4 Å². The lowest BCUT2D eigenvalue weighted by molar-refractivity contribution is -0.0864. The molecule has 0 amide bonds. The van der Waals surface area contributed by atoms with Gasteiger partial charge in [0.15, 0.2) is 11.7 Å². The van der Waals surface area contributed by atoms with E-state index in [0.29, 0.717) is 17.1 Å². The molecule has 2 N–H and O–H groups in total. The Morgan fingerprint density at radius 1 is 1.27 bits per heavy atom. The number of fused-ring (bicyclic) bond motifs is 5. The Hall–Kier alpha value is -2.66. The molecule has 0 aliphatic carbocycles. The first-order chi connectivity index (χ1) is 12.4. The molecule has 0 aromatic heterocycles. The largest absolute Gasteiger partial charge is 0.508 e. The van der Waals surface area contributed by atoms with Gasteiger partial charge in [0.25, 0.3) is 0 Å². The molecule has 0 spiro atoms. The van der Waals surface area contributed by atoms with E-state index >= 15 is 0 Å². The summed E-state index contributed by atoms with van der Waals surface area (Å²) in [5.74, 6) is 1.98. The van der Waals surface area contributed by atoms with Gasteiger partial charge in [-0.3, -0.25) is 0 Å². The molecular weight excluding hydrogens is 332 g/mol. The van der Waals surface area contributed by atoms with E-state index in [4.69, 9.17) is 14.2 Å². The second kappa shape index (κ2) is 5.95. The van der Waals surface area contributed by atoms with Gasteiger partial charge in [0.1, 0.15) is 29.6 Å². The van der Waals surface area contributed by atoms with E-state index in [1.54, 1.807) is 19.2 Å². The average Bonchev–Trinajstić information content (AvgIpc) is 2.91. The van der Waals surface area contributed by atoms with Crippen LogP contribution in [0.3, 0.4) is 0 Å². The molecule has 0 saturated carbocycles. The second-order valence-electron chi connectivity index (χ2n) is 7.08. The number of rotatable bonds is 3. The third-order valence-electron chi connectivity index (χ3n) is 4.98. The lowest BCUT2D eigenvalue weighted by Gasteiger charge is -2.35. The maximum absolute atomic E-state index is 11.3.